The molecule has 1 aromatic carbocycles. The molecule has 5 unspecified atom stereocenters. The minimum absolute atomic E-state index is 0.478. The number of ether oxygens (including phenoxy) is 2. The average molecular weight is 347 g/mol. The van der Waals surface area contributed by atoms with E-state index >= 15 is 0 Å². The largest absolute Gasteiger partial charge is 0.394 e. The van der Waals surface area contributed by atoms with Gasteiger partial charge in [-0.3, -0.25) is 4.79 Å². The fourth-order valence-electron chi connectivity index (χ4n) is 2.41. The first-order valence-corrected chi connectivity index (χ1v) is 7.75. The highest BCUT2D eigenvalue weighted by molar-refractivity contribution is 5.88. The molecular weight excluding hydrogens is 326 g/mol. The topological polar surface area (TPSA) is 108 Å². The molecule has 25 heavy (non-hydrogen) atoms. The SMILES string of the molecule is COC1OC(CO)C(O)C(O)C1NC(=O)C=CC#Cc1ccccc1. The Morgan fingerprint density at radius 3 is 2.68 bits per heavy atom. The molecule has 0 radical (unpaired) electrons. The molecule has 0 saturated carbocycles. The summed E-state index contributed by atoms with van der Waals surface area (Å²) in [6.07, 6.45) is -2.08. The van der Waals surface area contributed by atoms with E-state index in [1.54, 1.807) is 0 Å². The van der Waals surface area contributed by atoms with Gasteiger partial charge in [-0.25, -0.2) is 0 Å². The number of benzene rings is 1. The second kappa shape index (κ2) is 9.32. The summed E-state index contributed by atoms with van der Waals surface area (Å²) in [5.41, 5.74) is 0.821. The van der Waals surface area contributed by atoms with Gasteiger partial charge in [-0.05, 0) is 18.2 Å². The van der Waals surface area contributed by atoms with Crippen LogP contribution < -0.4 is 5.32 Å². The number of hydrogen-bond acceptors (Lipinski definition) is 6. The Balaban J connectivity index is 1.96. The van der Waals surface area contributed by atoms with Gasteiger partial charge in [0, 0.05) is 18.7 Å². The number of carbonyl (C=O) groups excluding carboxylic acids is 1. The van der Waals surface area contributed by atoms with Crippen LogP contribution in [0.3, 0.4) is 0 Å². The maximum atomic E-state index is 12.0. The Labute approximate surface area is 145 Å². The van der Waals surface area contributed by atoms with E-state index in [1.165, 1.54) is 19.3 Å². The maximum Gasteiger partial charge on any atom is 0.245 e. The Hall–Kier alpha value is -2.21. The van der Waals surface area contributed by atoms with Gasteiger partial charge >= 0.3 is 0 Å². The van der Waals surface area contributed by atoms with E-state index in [0.29, 0.717) is 0 Å². The molecule has 0 bridgehead atoms. The molecule has 0 aliphatic carbocycles. The first-order chi connectivity index (χ1) is 12.1. The first kappa shape index (κ1) is 19.1. The lowest BCUT2D eigenvalue weighted by Crippen LogP contribution is -2.64. The van der Waals surface area contributed by atoms with Crippen LogP contribution in [0.1, 0.15) is 5.56 Å². The molecule has 1 saturated heterocycles. The smallest absolute Gasteiger partial charge is 0.245 e. The third-order valence-corrected chi connectivity index (χ3v) is 3.73. The number of nitrogens with one attached hydrogen (secondary N) is 1. The molecule has 1 amide bonds. The van der Waals surface area contributed by atoms with E-state index in [0.717, 1.165) is 5.56 Å². The lowest BCUT2D eigenvalue weighted by Gasteiger charge is -2.41. The van der Waals surface area contributed by atoms with Crippen molar-refractivity contribution in [2.45, 2.75) is 30.6 Å². The maximum absolute atomic E-state index is 12.0. The Bertz CT molecular complexity index is 649. The fraction of sp³-hybridized carbons (Fsp3) is 0.389. The van der Waals surface area contributed by atoms with Crippen molar-refractivity contribution < 1.29 is 29.6 Å². The van der Waals surface area contributed by atoms with Crippen molar-refractivity contribution in [1.29, 1.82) is 0 Å². The summed E-state index contributed by atoms with van der Waals surface area (Å²) in [5, 5.41) is 31.7. The molecule has 1 aliphatic rings. The van der Waals surface area contributed by atoms with E-state index in [-0.39, 0.29) is 0 Å². The number of rotatable bonds is 4. The van der Waals surface area contributed by atoms with Gasteiger partial charge in [0.2, 0.25) is 5.91 Å². The van der Waals surface area contributed by atoms with Crippen LogP contribution >= 0.6 is 0 Å². The standard InChI is InChI=1S/C18H21NO6/c1-24-18-15(17(23)16(22)13(11-20)25-18)19-14(21)10-6-5-9-12-7-3-2-4-8-12/h2-4,6-8,10,13,15-18,20,22-23H,11H2,1H3,(H,19,21). The molecule has 5 atom stereocenters. The number of aliphatic hydroxyl groups excluding tert-OH is 3. The van der Waals surface area contributed by atoms with E-state index in [2.05, 4.69) is 17.2 Å². The van der Waals surface area contributed by atoms with Gasteiger partial charge in [-0.2, -0.15) is 0 Å². The highest BCUT2D eigenvalue weighted by atomic mass is 16.7. The molecule has 2 rings (SSSR count). The van der Waals surface area contributed by atoms with Crippen LogP contribution in [-0.4, -0.2) is 65.6 Å². The number of aliphatic hydroxyl groups is 3. The van der Waals surface area contributed by atoms with Crippen molar-refractivity contribution in [2.24, 2.45) is 0 Å². The predicted octanol–water partition coefficient (Wildman–Crippen LogP) is -0.835. The molecule has 0 spiro atoms. The zero-order valence-electron chi connectivity index (χ0n) is 13.7. The Kier molecular flexibility index (Phi) is 7.13. The van der Waals surface area contributed by atoms with Crippen LogP contribution in [-0.2, 0) is 14.3 Å². The molecule has 4 N–H and O–H groups in total. The highest BCUT2D eigenvalue weighted by Crippen LogP contribution is 2.21. The lowest BCUT2D eigenvalue weighted by atomic mass is 9.97. The minimum Gasteiger partial charge on any atom is -0.394 e. The minimum atomic E-state index is -1.34. The Morgan fingerprint density at radius 2 is 2.04 bits per heavy atom. The van der Waals surface area contributed by atoms with Crippen LogP contribution in [0.15, 0.2) is 42.5 Å². The summed E-state index contributed by atoms with van der Waals surface area (Å²) in [7, 11) is 1.34. The molecule has 7 heteroatoms. The number of allylic oxidation sites excluding steroid dienone is 1. The van der Waals surface area contributed by atoms with Crippen molar-refractivity contribution in [3.8, 4) is 11.8 Å². The van der Waals surface area contributed by atoms with Crippen molar-refractivity contribution in [3.05, 3.63) is 48.0 Å². The second-order valence-corrected chi connectivity index (χ2v) is 5.45. The first-order valence-electron chi connectivity index (χ1n) is 7.75. The van der Waals surface area contributed by atoms with Crippen molar-refractivity contribution in [3.63, 3.8) is 0 Å². The van der Waals surface area contributed by atoms with Crippen molar-refractivity contribution >= 4 is 5.91 Å². The normalized spacial score (nSPS) is 29.0. The number of carbonyl (C=O) groups is 1. The number of amides is 1. The third kappa shape index (κ3) is 5.13. The van der Waals surface area contributed by atoms with Crippen molar-refractivity contribution in [2.75, 3.05) is 13.7 Å². The van der Waals surface area contributed by atoms with E-state index < -0.39 is 43.2 Å². The van der Waals surface area contributed by atoms with Gasteiger partial charge in [-0.1, -0.05) is 30.0 Å². The van der Waals surface area contributed by atoms with Gasteiger partial charge < -0.3 is 30.1 Å². The molecule has 7 nitrogen and oxygen atoms in total. The summed E-state index contributed by atoms with van der Waals surface area (Å²) in [5.74, 6) is 5.08. The van der Waals surface area contributed by atoms with Crippen LogP contribution in [0, 0.1) is 11.8 Å². The zero-order valence-corrected chi connectivity index (χ0v) is 13.7. The third-order valence-electron chi connectivity index (χ3n) is 3.73. The van der Waals surface area contributed by atoms with Gasteiger partial charge in [-0.15, -0.1) is 0 Å². The average Bonchev–Trinajstić information content (AvgIpc) is 2.64. The molecule has 1 heterocycles. The second-order valence-electron chi connectivity index (χ2n) is 5.45. The van der Waals surface area contributed by atoms with Crippen LogP contribution in [0.5, 0.6) is 0 Å². The van der Waals surface area contributed by atoms with Gasteiger partial charge in [0.15, 0.2) is 6.29 Å². The fourth-order valence-corrected chi connectivity index (χ4v) is 2.41. The zero-order chi connectivity index (χ0) is 18.2. The van der Waals surface area contributed by atoms with E-state index in [1.807, 2.05) is 30.3 Å². The van der Waals surface area contributed by atoms with Gasteiger partial charge in [0.1, 0.15) is 24.4 Å². The monoisotopic (exact) mass is 347 g/mol. The molecule has 1 fully saturated rings. The van der Waals surface area contributed by atoms with Crippen LogP contribution in [0.25, 0.3) is 0 Å². The van der Waals surface area contributed by atoms with E-state index in [4.69, 9.17) is 14.6 Å². The summed E-state index contributed by atoms with van der Waals surface area (Å²) < 4.78 is 10.4. The van der Waals surface area contributed by atoms with Crippen LogP contribution in [0.4, 0.5) is 0 Å². The number of hydrogen-bond donors (Lipinski definition) is 4. The van der Waals surface area contributed by atoms with Crippen molar-refractivity contribution in [1.82, 2.24) is 5.32 Å². The molecule has 1 aromatic rings. The predicted molar refractivity (Wildman–Crippen MR) is 89.2 cm³/mol. The summed E-state index contributed by atoms with van der Waals surface area (Å²) in [6.45, 7) is -0.478. The quantitative estimate of drug-likeness (QED) is 0.418. The van der Waals surface area contributed by atoms with E-state index in [9.17, 15) is 15.0 Å². The summed E-state index contributed by atoms with van der Waals surface area (Å²) in [4.78, 5) is 12.0. The molecule has 1 aliphatic heterocycles. The molecule has 0 aromatic heterocycles. The molecular formula is C18H21NO6. The van der Waals surface area contributed by atoms with Gasteiger partial charge in [0.05, 0.1) is 6.61 Å². The summed E-state index contributed by atoms with van der Waals surface area (Å²) >= 11 is 0. The highest BCUT2D eigenvalue weighted by Gasteiger charge is 2.44. The number of methoxy groups -OCH3 is 1. The molecule has 134 valence electrons. The Morgan fingerprint density at radius 1 is 1.32 bits per heavy atom. The van der Waals surface area contributed by atoms with Gasteiger partial charge in [0.25, 0.3) is 0 Å². The van der Waals surface area contributed by atoms with Crippen LogP contribution in [0.2, 0.25) is 0 Å². The lowest BCUT2D eigenvalue weighted by molar-refractivity contribution is -0.262. The summed E-state index contributed by atoms with van der Waals surface area (Å²) in [6, 6.07) is 8.31.